The largest absolute Gasteiger partial charge is 0.482 e. The molecule has 2 aromatic heterocycles. The number of nitrogens with zero attached hydrogens (tertiary/aromatic N) is 2. The van der Waals surface area contributed by atoms with Crippen LogP contribution in [-0.4, -0.2) is 57.6 Å². The second kappa shape index (κ2) is 9.31. The van der Waals surface area contributed by atoms with Gasteiger partial charge in [0.25, 0.3) is 5.91 Å². The van der Waals surface area contributed by atoms with Crippen molar-refractivity contribution in [1.29, 1.82) is 0 Å². The molecule has 1 aliphatic carbocycles. The highest BCUT2D eigenvalue weighted by Crippen LogP contribution is 2.38. The van der Waals surface area contributed by atoms with E-state index in [2.05, 4.69) is 20.6 Å². The van der Waals surface area contributed by atoms with Crippen LogP contribution >= 0.6 is 0 Å². The Morgan fingerprint density at radius 2 is 1.91 bits per heavy atom. The molecule has 184 valence electrons. The topological polar surface area (TPSA) is 126 Å². The van der Waals surface area contributed by atoms with Gasteiger partial charge in [-0.15, -0.1) is 0 Å². The van der Waals surface area contributed by atoms with Gasteiger partial charge in [0.1, 0.15) is 5.75 Å². The molecule has 35 heavy (non-hydrogen) atoms. The molecule has 1 amide bonds. The minimum atomic E-state index is -0.917. The molecule has 0 unspecified atom stereocenters. The third-order valence-corrected chi connectivity index (χ3v) is 7.06. The van der Waals surface area contributed by atoms with E-state index in [0.29, 0.717) is 62.4 Å². The Bertz CT molecular complexity index is 1240. The van der Waals surface area contributed by atoms with Crippen molar-refractivity contribution in [3.8, 4) is 11.6 Å². The van der Waals surface area contributed by atoms with Crippen molar-refractivity contribution in [2.24, 2.45) is 0 Å². The maximum atomic E-state index is 11.6. The molecule has 9 nitrogen and oxygen atoms in total. The van der Waals surface area contributed by atoms with Gasteiger partial charge < -0.3 is 30.3 Å². The minimum absolute atomic E-state index is 0.0184. The lowest BCUT2D eigenvalue weighted by Crippen LogP contribution is -2.46. The fraction of sp³-hybridized carbons (Fsp3) is 0.423. The van der Waals surface area contributed by atoms with Crippen LogP contribution in [0.3, 0.4) is 0 Å². The van der Waals surface area contributed by atoms with Crippen molar-refractivity contribution >= 4 is 28.3 Å². The summed E-state index contributed by atoms with van der Waals surface area (Å²) in [4.78, 5) is 20.5. The van der Waals surface area contributed by atoms with E-state index in [1.165, 1.54) is 0 Å². The van der Waals surface area contributed by atoms with Gasteiger partial charge in [-0.05, 0) is 74.4 Å². The molecule has 0 saturated heterocycles. The molecule has 1 fully saturated rings. The van der Waals surface area contributed by atoms with Crippen LogP contribution in [0.2, 0.25) is 0 Å². The van der Waals surface area contributed by atoms with E-state index in [1.807, 2.05) is 18.2 Å². The summed E-state index contributed by atoms with van der Waals surface area (Å²) in [5.74, 6) is 0.983. The van der Waals surface area contributed by atoms with E-state index < -0.39 is 11.2 Å². The lowest BCUT2D eigenvalue weighted by molar-refractivity contribution is -0.118. The van der Waals surface area contributed by atoms with Crippen LogP contribution in [0.1, 0.15) is 37.7 Å². The van der Waals surface area contributed by atoms with Crippen molar-refractivity contribution in [3.63, 3.8) is 0 Å². The molecular formula is C26H30N4O5. The van der Waals surface area contributed by atoms with Crippen LogP contribution < -0.4 is 20.1 Å². The van der Waals surface area contributed by atoms with Crippen LogP contribution in [0.25, 0.3) is 11.0 Å². The molecule has 1 aliphatic heterocycles. The maximum Gasteiger partial charge on any atom is 0.262 e. The SMILES string of the molecule is COc1ccc2nccc(CCC3(O)CCC(O)(CNc4ccc5c(c4)NC(=O)CO5)CC3)c2n1. The lowest BCUT2D eigenvalue weighted by Gasteiger charge is -2.41. The Hall–Kier alpha value is -3.43. The zero-order valence-corrected chi connectivity index (χ0v) is 19.7. The van der Waals surface area contributed by atoms with Gasteiger partial charge in [-0.3, -0.25) is 9.78 Å². The summed E-state index contributed by atoms with van der Waals surface area (Å²) in [6.45, 7) is 0.375. The van der Waals surface area contributed by atoms with Gasteiger partial charge in [-0.2, -0.15) is 0 Å². The predicted octanol–water partition coefficient (Wildman–Crippen LogP) is 3.05. The standard InChI is InChI=1S/C26H30N4O5/c1-34-23-5-3-19-24(30-23)17(7-13-27-19)6-8-25(32)9-11-26(33,12-10-25)16-28-18-2-4-21-20(14-18)29-22(31)15-35-21/h2-5,7,13-14,28,32-33H,6,8-12,15-16H2,1H3,(H,29,31). The fourth-order valence-electron chi connectivity index (χ4n) is 4.81. The number of rotatable bonds is 7. The third kappa shape index (κ3) is 5.16. The van der Waals surface area contributed by atoms with Crippen LogP contribution in [-0.2, 0) is 11.2 Å². The first kappa shape index (κ1) is 23.3. The molecule has 3 aromatic rings. The van der Waals surface area contributed by atoms with Crippen molar-refractivity contribution < 1.29 is 24.5 Å². The highest BCUT2D eigenvalue weighted by Gasteiger charge is 2.40. The average molecular weight is 479 g/mol. The quantitative estimate of drug-likeness (QED) is 0.408. The van der Waals surface area contributed by atoms with Gasteiger partial charge in [-0.25, -0.2) is 4.98 Å². The highest BCUT2D eigenvalue weighted by atomic mass is 16.5. The zero-order chi connectivity index (χ0) is 24.5. The summed E-state index contributed by atoms with van der Waals surface area (Å²) in [7, 11) is 1.59. The smallest absolute Gasteiger partial charge is 0.262 e. The lowest BCUT2D eigenvalue weighted by atomic mass is 9.73. The minimum Gasteiger partial charge on any atom is -0.482 e. The number of carbonyl (C=O) groups is 1. The Kier molecular flexibility index (Phi) is 6.21. The molecule has 2 aliphatic rings. The second-order valence-electron chi connectivity index (χ2n) is 9.54. The number of benzene rings is 1. The number of methoxy groups -OCH3 is 1. The van der Waals surface area contributed by atoms with Crippen molar-refractivity contribution in [2.45, 2.75) is 49.7 Å². The number of fused-ring (bicyclic) bond motifs is 2. The number of hydrogen-bond donors (Lipinski definition) is 4. The van der Waals surface area contributed by atoms with Crippen LogP contribution in [0.15, 0.2) is 42.6 Å². The van der Waals surface area contributed by atoms with Crippen LogP contribution in [0.4, 0.5) is 11.4 Å². The zero-order valence-electron chi connectivity index (χ0n) is 19.7. The van der Waals surface area contributed by atoms with E-state index in [1.54, 1.807) is 31.5 Å². The summed E-state index contributed by atoms with van der Waals surface area (Å²) >= 11 is 0. The molecule has 5 rings (SSSR count). The number of nitrogens with one attached hydrogen (secondary N) is 2. The number of hydrogen-bond acceptors (Lipinski definition) is 8. The van der Waals surface area contributed by atoms with Crippen molar-refractivity contribution in [3.05, 3.63) is 48.2 Å². The van der Waals surface area contributed by atoms with Gasteiger partial charge in [-0.1, -0.05) is 0 Å². The molecular weight excluding hydrogens is 448 g/mol. The summed E-state index contributed by atoms with van der Waals surface area (Å²) in [5, 5.41) is 28.4. The molecule has 0 bridgehead atoms. The van der Waals surface area contributed by atoms with E-state index in [9.17, 15) is 15.0 Å². The Labute approximate surface area is 203 Å². The molecule has 0 radical (unpaired) electrons. The summed E-state index contributed by atoms with van der Waals surface area (Å²) in [6.07, 6.45) is 5.01. The number of aromatic nitrogens is 2. The number of pyridine rings is 2. The molecule has 1 aromatic carbocycles. The molecule has 3 heterocycles. The van der Waals surface area contributed by atoms with Crippen LogP contribution in [0, 0.1) is 0 Å². The Morgan fingerprint density at radius 3 is 2.71 bits per heavy atom. The summed E-state index contributed by atoms with van der Waals surface area (Å²) in [5.41, 5.74) is 2.26. The first-order chi connectivity index (χ1) is 16.8. The molecule has 0 spiro atoms. The number of ether oxygens (including phenoxy) is 2. The number of aliphatic hydroxyl groups is 2. The van der Waals surface area contributed by atoms with E-state index in [-0.39, 0.29) is 12.5 Å². The predicted molar refractivity (Wildman–Crippen MR) is 132 cm³/mol. The van der Waals surface area contributed by atoms with Gasteiger partial charge >= 0.3 is 0 Å². The van der Waals surface area contributed by atoms with Gasteiger partial charge in [0.15, 0.2) is 6.61 Å². The first-order valence-corrected chi connectivity index (χ1v) is 11.9. The Balaban J connectivity index is 1.18. The number of amides is 1. The Morgan fingerprint density at radius 1 is 1.11 bits per heavy atom. The highest BCUT2D eigenvalue weighted by molar-refractivity contribution is 5.96. The van der Waals surface area contributed by atoms with Gasteiger partial charge in [0.05, 0.1) is 35.0 Å². The second-order valence-corrected chi connectivity index (χ2v) is 9.54. The van der Waals surface area contributed by atoms with Crippen molar-refractivity contribution in [1.82, 2.24) is 9.97 Å². The summed E-state index contributed by atoms with van der Waals surface area (Å²) < 4.78 is 10.6. The van der Waals surface area contributed by atoms with Gasteiger partial charge in [0.2, 0.25) is 5.88 Å². The van der Waals surface area contributed by atoms with Gasteiger partial charge in [0, 0.05) is 24.5 Å². The monoisotopic (exact) mass is 478 g/mol. The van der Waals surface area contributed by atoms with Crippen LogP contribution in [0.5, 0.6) is 11.6 Å². The molecule has 4 N–H and O–H groups in total. The number of carbonyl (C=O) groups excluding carboxylic acids is 1. The third-order valence-electron chi connectivity index (χ3n) is 7.06. The normalized spacial score (nSPS) is 23.8. The first-order valence-electron chi connectivity index (χ1n) is 11.9. The number of aryl methyl sites for hydroxylation is 1. The summed E-state index contributed by atoms with van der Waals surface area (Å²) in [6, 6.07) is 11.1. The average Bonchev–Trinajstić information content (AvgIpc) is 2.88. The van der Waals surface area contributed by atoms with E-state index >= 15 is 0 Å². The fourth-order valence-corrected chi connectivity index (χ4v) is 4.81. The molecule has 0 atom stereocenters. The molecule has 9 heteroatoms. The van der Waals surface area contributed by atoms with E-state index in [4.69, 9.17) is 9.47 Å². The molecule has 1 saturated carbocycles. The maximum absolute atomic E-state index is 11.6. The number of anilines is 2. The van der Waals surface area contributed by atoms with Crippen molar-refractivity contribution in [2.75, 3.05) is 30.9 Å². The van der Waals surface area contributed by atoms with E-state index in [0.717, 1.165) is 22.3 Å².